The summed E-state index contributed by atoms with van der Waals surface area (Å²) in [7, 11) is 0. The maximum Gasteiger partial charge on any atom is 0.242 e. The molecule has 22 heavy (non-hydrogen) atoms. The second kappa shape index (κ2) is 9.02. The van der Waals surface area contributed by atoms with E-state index in [0.29, 0.717) is 19.6 Å². The van der Waals surface area contributed by atoms with Gasteiger partial charge in [-0.15, -0.1) is 0 Å². The van der Waals surface area contributed by atoms with Crippen molar-refractivity contribution in [3.8, 4) is 5.75 Å². The number of hydrogen-bond donors (Lipinski definition) is 2. The van der Waals surface area contributed by atoms with E-state index in [1.807, 2.05) is 13.8 Å². The van der Waals surface area contributed by atoms with Crippen molar-refractivity contribution < 1.29 is 18.7 Å². The Labute approximate surface area is 130 Å². The number of rotatable bonds is 8. The number of nitrogens with one attached hydrogen (secondary N) is 2. The molecule has 1 aromatic rings. The zero-order valence-electron chi connectivity index (χ0n) is 13.2. The molecule has 6 heteroatoms. The number of carbonyl (C=O) groups is 2. The smallest absolute Gasteiger partial charge is 0.242 e. The Bertz CT molecular complexity index is 506. The van der Waals surface area contributed by atoms with E-state index in [9.17, 15) is 14.0 Å². The average molecular weight is 310 g/mol. The lowest BCUT2D eigenvalue weighted by atomic mass is 10.0. The zero-order valence-corrected chi connectivity index (χ0v) is 13.2. The quantitative estimate of drug-likeness (QED) is 0.720. The summed E-state index contributed by atoms with van der Waals surface area (Å²) < 4.78 is 18.6. The highest BCUT2D eigenvalue weighted by molar-refractivity contribution is 5.86. The van der Waals surface area contributed by atoms with Crippen molar-refractivity contribution in [1.29, 1.82) is 0 Å². The van der Waals surface area contributed by atoms with Crippen LogP contribution in [0.25, 0.3) is 0 Å². The first kappa shape index (κ1) is 17.9. The van der Waals surface area contributed by atoms with Gasteiger partial charge < -0.3 is 15.4 Å². The third kappa shape index (κ3) is 6.11. The summed E-state index contributed by atoms with van der Waals surface area (Å²) in [5, 5.41) is 5.36. The van der Waals surface area contributed by atoms with Crippen molar-refractivity contribution in [1.82, 2.24) is 10.6 Å². The van der Waals surface area contributed by atoms with Crippen LogP contribution in [0.3, 0.4) is 0 Å². The molecule has 122 valence electrons. The SMILES string of the molecule is CC(=O)N[C@H](C(=O)NCCCOc1ccccc1F)C(C)C. The normalized spacial score (nSPS) is 11.9. The lowest BCUT2D eigenvalue weighted by Gasteiger charge is -2.20. The van der Waals surface area contributed by atoms with Gasteiger partial charge in [0.2, 0.25) is 11.8 Å². The monoisotopic (exact) mass is 310 g/mol. The minimum Gasteiger partial charge on any atom is -0.490 e. The van der Waals surface area contributed by atoms with E-state index in [0.717, 1.165) is 0 Å². The first-order chi connectivity index (χ1) is 10.4. The molecule has 1 atom stereocenters. The Morgan fingerprint density at radius 1 is 1.27 bits per heavy atom. The number of para-hydroxylation sites is 1. The van der Waals surface area contributed by atoms with Crippen LogP contribution in [0.1, 0.15) is 27.2 Å². The van der Waals surface area contributed by atoms with E-state index in [2.05, 4.69) is 10.6 Å². The summed E-state index contributed by atoms with van der Waals surface area (Å²) in [5.74, 6) is -0.671. The van der Waals surface area contributed by atoms with Gasteiger partial charge in [0.1, 0.15) is 6.04 Å². The predicted octanol–water partition coefficient (Wildman–Crippen LogP) is 1.87. The van der Waals surface area contributed by atoms with Gasteiger partial charge >= 0.3 is 0 Å². The Kier molecular flexibility index (Phi) is 7.36. The lowest BCUT2D eigenvalue weighted by molar-refractivity contribution is -0.129. The lowest BCUT2D eigenvalue weighted by Crippen LogP contribution is -2.49. The highest BCUT2D eigenvalue weighted by atomic mass is 19.1. The van der Waals surface area contributed by atoms with Crippen molar-refractivity contribution in [2.75, 3.05) is 13.2 Å². The van der Waals surface area contributed by atoms with Crippen LogP contribution in [0.2, 0.25) is 0 Å². The Balaban J connectivity index is 2.29. The van der Waals surface area contributed by atoms with Crippen molar-refractivity contribution >= 4 is 11.8 Å². The third-order valence-electron chi connectivity index (χ3n) is 3.02. The van der Waals surface area contributed by atoms with Crippen LogP contribution in [-0.2, 0) is 9.59 Å². The molecule has 0 aromatic heterocycles. The fourth-order valence-corrected chi connectivity index (χ4v) is 1.89. The van der Waals surface area contributed by atoms with E-state index in [1.165, 1.54) is 13.0 Å². The number of halogens is 1. The number of ether oxygens (including phenoxy) is 1. The van der Waals surface area contributed by atoms with Crippen molar-refractivity contribution in [2.45, 2.75) is 33.2 Å². The standard InChI is InChI=1S/C16H23FN2O3/c1-11(2)15(19-12(3)20)16(21)18-9-6-10-22-14-8-5-4-7-13(14)17/h4-5,7-8,11,15H,6,9-10H2,1-3H3,(H,18,21)(H,19,20)/t15-/m0/s1. The number of benzene rings is 1. The summed E-state index contributed by atoms with van der Waals surface area (Å²) in [5.41, 5.74) is 0. The topological polar surface area (TPSA) is 67.4 Å². The highest BCUT2D eigenvalue weighted by Gasteiger charge is 2.22. The van der Waals surface area contributed by atoms with Gasteiger partial charge in [0.25, 0.3) is 0 Å². The maximum absolute atomic E-state index is 13.3. The second-order valence-corrected chi connectivity index (χ2v) is 5.35. The van der Waals surface area contributed by atoms with Gasteiger partial charge in [-0.3, -0.25) is 9.59 Å². The fraction of sp³-hybridized carbons (Fsp3) is 0.500. The van der Waals surface area contributed by atoms with Crippen LogP contribution in [0.15, 0.2) is 24.3 Å². The van der Waals surface area contributed by atoms with E-state index < -0.39 is 11.9 Å². The van der Waals surface area contributed by atoms with Crippen molar-refractivity contribution in [2.24, 2.45) is 5.92 Å². The summed E-state index contributed by atoms with van der Waals surface area (Å²) >= 11 is 0. The first-order valence-electron chi connectivity index (χ1n) is 7.34. The first-order valence-corrected chi connectivity index (χ1v) is 7.34. The van der Waals surface area contributed by atoms with Crippen molar-refractivity contribution in [3.05, 3.63) is 30.1 Å². The third-order valence-corrected chi connectivity index (χ3v) is 3.02. The van der Waals surface area contributed by atoms with E-state index >= 15 is 0 Å². The summed E-state index contributed by atoms with van der Waals surface area (Å²) in [6, 6.07) is 5.62. The Morgan fingerprint density at radius 3 is 2.55 bits per heavy atom. The molecule has 0 fully saturated rings. The van der Waals surface area contributed by atoms with Gasteiger partial charge in [0.15, 0.2) is 11.6 Å². The van der Waals surface area contributed by atoms with Crippen LogP contribution in [0.4, 0.5) is 4.39 Å². The number of hydrogen-bond acceptors (Lipinski definition) is 3. The molecule has 0 saturated carbocycles. The summed E-state index contributed by atoms with van der Waals surface area (Å²) in [6.07, 6.45) is 0.547. The molecule has 0 saturated heterocycles. The average Bonchev–Trinajstić information content (AvgIpc) is 2.45. The van der Waals surface area contributed by atoms with Gasteiger partial charge in [-0.2, -0.15) is 0 Å². The Morgan fingerprint density at radius 2 is 1.95 bits per heavy atom. The fourth-order valence-electron chi connectivity index (χ4n) is 1.89. The highest BCUT2D eigenvalue weighted by Crippen LogP contribution is 2.15. The molecule has 0 aliphatic rings. The van der Waals surface area contributed by atoms with Gasteiger partial charge in [-0.1, -0.05) is 26.0 Å². The summed E-state index contributed by atoms with van der Waals surface area (Å²) in [4.78, 5) is 23.1. The molecular weight excluding hydrogens is 287 g/mol. The maximum atomic E-state index is 13.3. The van der Waals surface area contributed by atoms with E-state index in [4.69, 9.17) is 4.74 Å². The molecule has 5 nitrogen and oxygen atoms in total. The molecule has 0 radical (unpaired) electrons. The summed E-state index contributed by atoms with van der Waals surface area (Å²) in [6.45, 7) is 5.80. The van der Waals surface area contributed by atoms with Gasteiger partial charge in [-0.25, -0.2) is 4.39 Å². The predicted molar refractivity (Wildman–Crippen MR) is 82.0 cm³/mol. The molecule has 0 unspecified atom stereocenters. The van der Waals surface area contributed by atoms with Crippen LogP contribution in [0, 0.1) is 11.7 Å². The largest absolute Gasteiger partial charge is 0.490 e. The van der Waals surface area contributed by atoms with Gasteiger partial charge in [0, 0.05) is 13.5 Å². The van der Waals surface area contributed by atoms with Crippen LogP contribution in [0.5, 0.6) is 5.75 Å². The molecule has 1 aromatic carbocycles. The molecule has 0 bridgehead atoms. The molecule has 2 N–H and O–H groups in total. The van der Waals surface area contributed by atoms with Crippen LogP contribution in [-0.4, -0.2) is 31.0 Å². The van der Waals surface area contributed by atoms with Gasteiger partial charge in [0.05, 0.1) is 6.61 Å². The van der Waals surface area contributed by atoms with Crippen LogP contribution < -0.4 is 15.4 Å². The van der Waals surface area contributed by atoms with Crippen LogP contribution >= 0.6 is 0 Å². The van der Waals surface area contributed by atoms with E-state index in [-0.39, 0.29) is 23.5 Å². The van der Waals surface area contributed by atoms with Gasteiger partial charge in [-0.05, 0) is 24.5 Å². The molecule has 0 aliphatic carbocycles. The minimum atomic E-state index is -0.551. The Hall–Kier alpha value is -2.11. The molecular formula is C16H23FN2O3. The van der Waals surface area contributed by atoms with Crippen molar-refractivity contribution in [3.63, 3.8) is 0 Å². The molecule has 0 heterocycles. The minimum absolute atomic E-state index is 0.00133. The number of carbonyl (C=O) groups excluding carboxylic acids is 2. The molecule has 0 aliphatic heterocycles. The number of amides is 2. The molecule has 2 amide bonds. The second-order valence-electron chi connectivity index (χ2n) is 5.35. The van der Waals surface area contributed by atoms with E-state index in [1.54, 1.807) is 18.2 Å². The molecule has 0 spiro atoms. The molecule has 1 rings (SSSR count). The zero-order chi connectivity index (χ0) is 16.5.